The highest BCUT2D eigenvalue weighted by molar-refractivity contribution is 5.92. The summed E-state index contributed by atoms with van der Waals surface area (Å²) in [4.78, 5) is 37.8. The first-order valence-corrected chi connectivity index (χ1v) is 10.9. The number of allylic oxidation sites excluding steroid dienone is 1. The third kappa shape index (κ3) is 2.64. The fraction of sp³-hybridized carbons (Fsp3) is 0.783. The fourth-order valence-corrected chi connectivity index (χ4v) is 7.53. The number of esters is 1. The minimum atomic E-state index is -1.65. The molecule has 0 heterocycles. The van der Waals surface area contributed by atoms with Gasteiger partial charge in [-0.05, 0) is 50.4 Å². The van der Waals surface area contributed by atoms with Gasteiger partial charge in [0.25, 0.3) is 0 Å². The van der Waals surface area contributed by atoms with Crippen molar-refractivity contribution >= 4 is 17.5 Å². The predicted octanol–water partition coefficient (Wildman–Crippen LogP) is 2.35. The van der Waals surface area contributed by atoms with E-state index in [-0.39, 0.29) is 48.5 Å². The van der Waals surface area contributed by atoms with Crippen molar-refractivity contribution in [1.29, 1.82) is 0 Å². The topological polar surface area (TPSA) is 101 Å². The molecule has 3 fully saturated rings. The Morgan fingerprint density at radius 3 is 2.62 bits per heavy atom. The van der Waals surface area contributed by atoms with Crippen molar-refractivity contribution < 1.29 is 29.3 Å². The Bertz CT molecular complexity index is 786. The van der Waals surface area contributed by atoms with Crippen molar-refractivity contribution in [3.63, 3.8) is 0 Å². The average Bonchev–Trinajstić information content (AvgIpc) is 2.92. The summed E-state index contributed by atoms with van der Waals surface area (Å²) in [6.07, 6.45) is 6.23. The monoisotopic (exact) mass is 404 g/mol. The predicted molar refractivity (Wildman–Crippen MR) is 105 cm³/mol. The van der Waals surface area contributed by atoms with Gasteiger partial charge in [0.05, 0.1) is 0 Å². The van der Waals surface area contributed by atoms with E-state index in [1.165, 1.54) is 12.5 Å². The maximum Gasteiger partial charge on any atom is 0.302 e. The van der Waals surface area contributed by atoms with E-state index in [1.54, 1.807) is 0 Å². The Hall–Kier alpha value is -1.53. The van der Waals surface area contributed by atoms with Crippen LogP contribution < -0.4 is 0 Å². The zero-order chi connectivity index (χ0) is 21.2. The molecule has 0 aromatic carbocycles. The van der Waals surface area contributed by atoms with E-state index in [0.29, 0.717) is 12.8 Å². The largest absolute Gasteiger partial charge is 0.462 e. The summed E-state index contributed by atoms with van der Waals surface area (Å²) in [7, 11) is 0. The summed E-state index contributed by atoms with van der Waals surface area (Å²) in [6, 6.07) is 0. The summed E-state index contributed by atoms with van der Waals surface area (Å²) < 4.78 is 5.73. The number of fused-ring (bicyclic) bond motifs is 5. The lowest BCUT2D eigenvalue weighted by molar-refractivity contribution is -0.179. The van der Waals surface area contributed by atoms with Crippen molar-refractivity contribution in [2.75, 3.05) is 6.61 Å². The van der Waals surface area contributed by atoms with Gasteiger partial charge in [0, 0.05) is 30.1 Å². The number of carbonyl (C=O) groups is 3. The Labute approximate surface area is 171 Å². The molecule has 7 atom stereocenters. The summed E-state index contributed by atoms with van der Waals surface area (Å²) in [6.45, 7) is 4.63. The number of ketones is 2. The Balaban J connectivity index is 1.75. The Kier molecular flexibility index (Phi) is 4.82. The van der Waals surface area contributed by atoms with Crippen molar-refractivity contribution in [1.82, 2.24) is 0 Å². The lowest BCUT2D eigenvalue weighted by Crippen LogP contribution is -2.62. The minimum Gasteiger partial charge on any atom is -0.462 e. The van der Waals surface area contributed by atoms with E-state index in [2.05, 4.69) is 13.0 Å². The van der Waals surface area contributed by atoms with Crippen molar-refractivity contribution in [3.05, 3.63) is 11.6 Å². The van der Waals surface area contributed by atoms with E-state index < -0.39 is 28.8 Å². The first kappa shape index (κ1) is 20.7. The number of carbonyl (C=O) groups excluding carboxylic acids is 3. The molecule has 2 N–H and O–H groups in total. The molecule has 4 aliphatic rings. The molecule has 29 heavy (non-hydrogen) atoms. The highest BCUT2D eigenvalue weighted by Gasteiger charge is 2.69. The van der Waals surface area contributed by atoms with Crippen LogP contribution in [0.1, 0.15) is 65.7 Å². The van der Waals surface area contributed by atoms with Gasteiger partial charge in [-0.3, -0.25) is 14.4 Å². The van der Waals surface area contributed by atoms with E-state index in [1.807, 2.05) is 6.92 Å². The molecule has 0 amide bonds. The Morgan fingerprint density at radius 2 is 1.97 bits per heavy atom. The minimum absolute atomic E-state index is 0.0315. The molecule has 7 unspecified atom stereocenters. The van der Waals surface area contributed by atoms with Crippen molar-refractivity contribution in [2.45, 2.75) is 77.4 Å². The van der Waals surface area contributed by atoms with Crippen LogP contribution in [0.15, 0.2) is 11.6 Å². The van der Waals surface area contributed by atoms with Gasteiger partial charge in [-0.25, -0.2) is 0 Å². The summed E-state index contributed by atoms with van der Waals surface area (Å²) in [5.41, 5.74) is -1.81. The first-order chi connectivity index (χ1) is 13.6. The summed E-state index contributed by atoms with van der Waals surface area (Å²) >= 11 is 0. The van der Waals surface area contributed by atoms with E-state index >= 15 is 0 Å². The lowest BCUT2D eigenvalue weighted by Gasteiger charge is -2.59. The van der Waals surface area contributed by atoms with Crippen LogP contribution in [0.3, 0.4) is 0 Å². The smallest absolute Gasteiger partial charge is 0.302 e. The number of aliphatic hydroxyl groups excluding tert-OH is 1. The van der Waals surface area contributed by atoms with Crippen LogP contribution in [0.2, 0.25) is 0 Å². The number of aliphatic hydroxyl groups is 2. The number of Topliss-reactive ketones (excluding diaryl/α,β-unsaturated/α-hetero) is 2. The maximum atomic E-state index is 13.6. The number of hydrogen-bond donors (Lipinski definition) is 2. The number of hydrogen-bond acceptors (Lipinski definition) is 6. The first-order valence-electron chi connectivity index (χ1n) is 10.9. The number of ether oxygens (including phenoxy) is 1. The molecule has 0 saturated heterocycles. The molecule has 4 aliphatic carbocycles. The van der Waals surface area contributed by atoms with E-state index in [4.69, 9.17) is 4.74 Å². The van der Waals surface area contributed by atoms with Crippen LogP contribution in [0, 0.1) is 28.6 Å². The van der Waals surface area contributed by atoms with Crippen LogP contribution in [0.25, 0.3) is 0 Å². The zero-order valence-electron chi connectivity index (χ0n) is 17.6. The SMILES string of the molecule is CC(=O)OC1CCC=C2CCC3C(C(=O)CC4(C)C3CCC4(O)C(=O)CO)C21C. The van der Waals surface area contributed by atoms with Crippen LogP contribution in [-0.2, 0) is 19.1 Å². The lowest BCUT2D eigenvalue weighted by atomic mass is 9.45. The van der Waals surface area contributed by atoms with Crippen LogP contribution >= 0.6 is 0 Å². The van der Waals surface area contributed by atoms with Gasteiger partial charge in [-0.1, -0.05) is 25.5 Å². The van der Waals surface area contributed by atoms with Gasteiger partial charge in [-0.2, -0.15) is 0 Å². The second kappa shape index (κ2) is 6.74. The fourth-order valence-electron chi connectivity index (χ4n) is 7.53. The average molecular weight is 405 g/mol. The summed E-state index contributed by atoms with van der Waals surface area (Å²) in [5, 5.41) is 20.7. The molecule has 0 bridgehead atoms. The molecule has 4 rings (SSSR count). The second-order valence-electron chi connectivity index (χ2n) is 10.0. The summed E-state index contributed by atoms with van der Waals surface area (Å²) in [5.74, 6) is -1.05. The van der Waals surface area contributed by atoms with Gasteiger partial charge in [0.15, 0.2) is 5.78 Å². The molecule has 6 heteroatoms. The molecule has 6 nitrogen and oxygen atoms in total. The molecule has 0 aliphatic heterocycles. The highest BCUT2D eigenvalue weighted by atomic mass is 16.5. The third-order valence-corrected chi connectivity index (χ3v) is 8.90. The highest BCUT2D eigenvalue weighted by Crippen LogP contribution is 2.67. The van der Waals surface area contributed by atoms with Gasteiger partial charge in [0.2, 0.25) is 0 Å². The van der Waals surface area contributed by atoms with Crippen molar-refractivity contribution in [2.24, 2.45) is 28.6 Å². The van der Waals surface area contributed by atoms with E-state index in [0.717, 1.165) is 19.3 Å². The second-order valence-corrected chi connectivity index (χ2v) is 10.0. The van der Waals surface area contributed by atoms with Crippen LogP contribution in [-0.4, -0.2) is 46.1 Å². The Morgan fingerprint density at radius 1 is 1.24 bits per heavy atom. The van der Waals surface area contributed by atoms with E-state index in [9.17, 15) is 24.6 Å². The van der Waals surface area contributed by atoms with Crippen molar-refractivity contribution in [3.8, 4) is 0 Å². The zero-order valence-corrected chi connectivity index (χ0v) is 17.6. The quantitative estimate of drug-likeness (QED) is 0.553. The van der Waals surface area contributed by atoms with Gasteiger partial charge >= 0.3 is 5.97 Å². The molecular formula is C23H32O6. The molecular weight excluding hydrogens is 372 g/mol. The molecule has 3 saturated carbocycles. The molecule has 160 valence electrons. The van der Waals surface area contributed by atoms with Crippen LogP contribution in [0.4, 0.5) is 0 Å². The standard InChI is InChI=1S/C23H32O6/c1-13(25)29-19-6-4-5-14-7-8-15-16-9-10-23(28,18(27)12-24)21(16,2)11-17(26)20(15)22(14,19)3/h5,15-16,19-20,24,28H,4,6-12H2,1-3H3. The molecule has 0 aromatic rings. The number of rotatable bonds is 3. The third-order valence-electron chi connectivity index (χ3n) is 8.90. The van der Waals surface area contributed by atoms with Gasteiger partial charge < -0.3 is 14.9 Å². The van der Waals surface area contributed by atoms with Gasteiger partial charge in [-0.15, -0.1) is 0 Å². The van der Waals surface area contributed by atoms with Crippen LogP contribution in [0.5, 0.6) is 0 Å². The maximum absolute atomic E-state index is 13.6. The molecule has 0 radical (unpaired) electrons. The molecule has 0 aromatic heterocycles. The van der Waals surface area contributed by atoms with Gasteiger partial charge in [0.1, 0.15) is 24.1 Å². The normalized spacial score (nSPS) is 46.2. The molecule has 0 spiro atoms.